The molecule has 0 saturated carbocycles. The van der Waals surface area contributed by atoms with Crippen LogP contribution in [-0.2, 0) is 11.3 Å². The van der Waals surface area contributed by atoms with E-state index in [1.54, 1.807) is 6.20 Å². The number of hydrogen-bond acceptors (Lipinski definition) is 3. The molecule has 0 aliphatic rings. The molecule has 0 atom stereocenters. The van der Waals surface area contributed by atoms with Gasteiger partial charge < -0.3 is 9.47 Å². The summed E-state index contributed by atoms with van der Waals surface area (Å²) in [6.45, 7) is 1.96. The molecule has 1 aromatic heterocycles. The monoisotopic (exact) mass is 242 g/mol. The number of aromatic nitrogens is 1. The lowest BCUT2D eigenvalue weighted by atomic mass is 10.2. The summed E-state index contributed by atoms with van der Waals surface area (Å²) in [5.74, 6) is 0.681. The summed E-state index contributed by atoms with van der Waals surface area (Å²) in [6.07, 6.45) is 5.31. The molecule has 2 rings (SSSR count). The summed E-state index contributed by atoms with van der Waals surface area (Å²) < 4.78 is 11.0. The Balaban J connectivity index is 1.54. The van der Waals surface area contributed by atoms with Gasteiger partial charge in [0.2, 0.25) is 0 Å². The summed E-state index contributed by atoms with van der Waals surface area (Å²) in [7, 11) is 0. The molecule has 0 aliphatic heterocycles. The van der Waals surface area contributed by atoms with Crippen molar-refractivity contribution >= 4 is 0 Å². The summed E-state index contributed by atoms with van der Waals surface area (Å²) in [4.78, 5) is 3.86. The molecule has 0 bridgehead atoms. The van der Waals surface area contributed by atoms with Crippen molar-refractivity contribution < 1.29 is 9.47 Å². The topological polar surface area (TPSA) is 31.4 Å². The SMILES string of the molecule is [c]1ncccc1OCCCOCc1ccccc1. The second kappa shape index (κ2) is 7.45. The van der Waals surface area contributed by atoms with Crippen molar-refractivity contribution in [1.29, 1.82) is 0 Å². The lowest BCUT2D eigenvalue weighted by molar-refractivity contribution is 0.107. The minimum atomic E-state index is 0.622. The van der Waals surface area contributed by atoms with E-state index < -0.39 is 0 Å². The summed E-state index contributed by atoms with van der Waals surface area (Å²) >= 11 is 0. The average molecular weight is 242 g/mol. The van der Waals surface area contributed by atoms with Gasteiger partial charge >= 0.3 is 0 Å². The summed E-state index contributed by atoms with van der Waals surface area (Å²) in [5, 5.41) is 0. The van der Waals surface area contributed by atoms with Crippen LogP contribution in [-0.4, -0.2) is 18.2 Å². The van der Waals surface area contributed by atoms with Gasteiger partial charge in [0.15, 0.2) is 0 Å². The van der Waals surface area contributed by atoms with E-state index in [9.17, 15) is 0 Å². The molecule has 0 N–H and O–H groups in total. The Morgan fingerprint density at radius 2 is 1.89 bits per heavy atom. The minimum absolute atomic E-state index is 0.622. The number of ether oxygens (including phenoxy) is 2. The third-order valence-corrected chi connectivity index (χ3v) is 2.39. The van der Waals surface area contributed by atoms with Crippen LogP contribution in [0.4, 0.5) is 0 Å². The number of hydrogen-bond donors (Lipinski definition) is 0. The van der Waals surface area contributed by atoms with E-state index in [1.165, 1.54) is 5.56 Å². The van der Waals surface area contributed by atoms with Gasteiger partial charge in [0.05, 0.1) is 19.8 Å². The number of rotatable bonds is 7. The van der Waals surface area contributed by atoms with Gasteiger partial charge in [-0.05, 0) is 17.7 Å². The molecule has 93 valence electrons. The molecular weight excluding hydrogens is 226 g/mol. The van der Waals surface area contributed by atoms with Crippen LogP contribution in [0.3, 0.4) is 0 Å². The molecule has 1 heterocycles. The molecule has 1 radical (unpaired) electrons. The van der Waals surface area contributed by atoms with E-state index in [-0.39, 0.29) is 0 Å². The highest BCUT2D eigenvalue weighted by Crippen LogP contribution is 2.05. The molecular formula is C15H16NO2. The standard InChI is InChI=1S/C15H16NO2/c1-2-6-14(7-3-1)13-17-10-5-11-18-15-8-4-9-16-12-15/h1-4,6-9H,5,10-11,13H2. The maximum absolute atomic E-state index is 5.55. The largest absolute Gasteiger partial charge is 0.491 e. The fraction of sp³-hybridized carbons (Fsp3) is 0.267. The maximum Gasteiger partial charge on any atom is 0.147 e. The lowest BCUT2D eigenvalue weighted by Crippen LogP contribution is -2.03. The summed E-state index contributed by atoms with van der Waals surface area (Å²) in [6, 6.07) is 13.8. The highest BCUT2D eigenvalue weighted by atomic mass is 16.5. The third kappa shape index (κ3) is 4.55. The van der Waals surface area contributed by atoms with Gasteiger partial charge in [-0.25, -0.2) is 0 Å². The fourth-order valence-corrected chi connectivity index (χ4v) is 1.50. The second-order valence-electron chi connectivity index (χ2n) is 3.85. The van der Waals surface area contributed by atoms with Crippen LogP contribution in [0, 0.1) is 6.20 Å². The first-order valence-corrected chi connectivity index (χ1v) is 6.02. The van der Waals surface area contributed by atoms with Gasteiger partial charge in [-0.3, -0.25) is 4.98 Å². The Morgan fingerprint density at radius 1 is 1.00 bits per heavy atom. The van der Waals surface area contributed by atoms with E-state index >= 15 is 0 Å². The predicted octanol–water partition coefficient (Wildman–Crippen LogP) is 2.87. The van der Waals surface area contributed by atoms with Gasteiger partial charge in [0.25, 0.3) is 0 Å². The molecule has 0 unspecified atom stereocenters. The first kappa shape index (κ1) is 12.6. The first-order valence-electron chi connectivity index (χ1n) is 6.02. The van der Waals surface area contributed by atoms with Crippen molar-refractivity contribution in [3.8, 4) is 5.75 Å². The molecule has 0 spiro atoms. The molecule has 1 aromatic carbocycles. The van der Waals surface area contributed by atoms with Crippen LogP contribution < -0.4 is 4.74 Å². The lowest BCUT2D eigenvalue weighted by Gasteiger charge is -2.06. The fourth-order valence-electron chi connectivity index (χ4n) is 1.50. The van der Waals surface area contributed by atoms with Crippen LogP contribution >= 0.6 is 0 Å². The molecule has 2 aromatic rings. The average Bonchev–Trinajstić information content (AvgIpc) is 2.45. The van der Waals surface area contributed by atoms with Gasteiger partial charge in [-0.1, -0.05) is 30.3 Å². The van der Waals surface area contributed by atoms with Crippen molar-refractivity contribution in [2.45, 2.75) is 13.0 Å². The Kier molecular flexibility index (Phi) is 5.21. The molecule has 3 heteroatoms. The van der Waals surface area contributed by atoms with Crippen LogP contribution in [0.1, 0.15) is 12.0 Å². The molecule has 0 fully saturated rings. The Hall–Kier alpha value is -1.87. The van der Waals surface area contributed by atoms with Crippen LogP contribution in [0.15, 0.2) is 48.7 Å². The molecule has 0 aliphatic carbocycles. The molecule has 0 amide bonds. The number of benzene rings is 1. The first-order chi connectivity index (χ1) is 8.95. The summed E-state index contributed by atoms with van der Waals surface area (Å²) in [5.41, 5.74) is 1.19. The van der Waals surface area contributed by atoms with Crippen LogP contribution in [0.5, 0.6) is 5.75 Å². The van der Waals surface area contributed by atoms with Crippen LogP contribution in [0.25, 0.3) is 0 Å². The zero-order valence-corrected chi connectivity index (χ0v) is 10.2. The Bertz CT molecular complexity index is 387. The molecule has 18 heavy (non-hydrogen) atoms. The van der Waals surface area contributed by atoms with Gasteiger partial charge in [0.1, 0.15) is 11.9 Å². The van der Waals surface area contributed by atoms with Crippen molar-refractivity contribution in [2.24, 2.45) is 0 Å². The van der Waals surface area contributed by atoms with Gasteiger partial charge in [0, 0.05) is 12.6 Å². The zero-order chi connectivity index (χ0) is 12.5. The van der Waals surface area contributed by atoms with E-state index in [0.29, 0.717) is 25.6 Å². The second-order valence-corrected chi connectivity index (χ2v) is 3.85. The predicted molar refractivity (Wildman–Crippen MR) is 69.3 cm³/mol. The van der Waals surface area contributed by atoms with E-state index in [0.717, 1.165) is 6.42 Å². The van der Waals surface area contributed by atoms with Crippen molar-refractivity contribution in [1.82, 2.24) is 4.98 Å². The Morgan fingerprint density at radius 3 is 2.67 bits per heavy atom. The van der Waals surface area contributed by atoms with E-state index in [4.69, 9.17) is 9.47 Å². The number of nitrogens with zero attached hydrogens (tertiary/aromatic N) is 1. The Labute approximate surface area is 107 Å². The van der Waals surface area contributed by atoms with Crippen molar-refractivity contribution in [2.75, 3.05) is 13.2 Å². The van der Waals surface area contributed by atoms with Gasteiger partial charge in [-0.15, -0.1) is 0 Å². The number of pyridine rings is 1. The van der Waals surface area contributed by atoms with Gasteiger partial charge in [-0.2, -0.15) is 0 Å². The van der Waals surface area contributed by atoms with Crippen LogP contribution in [0.2, 0.25) is 0 Å². The molecule has 0 saturated heterocycles. The van der Waals surface area contributed by atoms with Crippen molar-refractivity contribution in [3.05, 3.63) is 60.4 Å². The van der Waals surface area contributed by atoms with E-state index in [1.807, 2.05) is 30.3 Å². The third-order valence-electron chi connectivity index (χ3n) is 2.39. The quantitative estimate of drug-likeness (QED) is 0.700. The highest BCUT2D eigenvalue weighted by molar-refractivity contribution is 5.14. The van der Waals surface area contributed by atoms with Crippen molar-refractivity contribution in [3.63, 3.8) is 0 Å². The maximum atomic E-state index is 5.55. The van der Waals surface area contributed by atoms with E-state index in [2.05, 4.69) is 23.3 Å². The zero-order valence-electron chi connectivity index (χ0n) is 10.2. The highest BCUT2D eigenvalue weighted by Gasteiger charge is 1.94. The normalized spacial score (nSPS) is 10.2. The smallest absolute Gasteiger partial charge is 0.147 e. The minimum Gasteiger partial charge on any atom is -0.491 e. The molecule has 3 nitrogen and oxygen atoms in total.